The third kappa shape index (κ3) is 4.30. The Morgan fingerprint density at radius 1 is 0.708 bits per heavy atom. The van der Waals surface area contributed by atoms with Gasteiger partial charge >= 0.3 is 12.4 Å². The van der Waals surface area contributed by atoms with Gasteiger partial charge in [-0.15, -0.1) is 0 Å². The summed E-state index contributed by atoms with van der Waals surface area (Å²) in [7, 11) is 0. The van der Waals surface area contributed by atoms with Crippen molar-refractivity contribution in [2.75, 3.05) is 0 Å². The molecule has 0 aliphatic carbocycles. The third-order valence-corrected chi connectivity index (χ3v) is 3.87. The number of rotatable bonds is 4. The van der Waals surface area contributed by atoms with Gasteiger partial charge in [-0.05, 0) is 48.1 Å². The summed E-state index contributed by atoms with van der Waals surface area (Å²) in [6, 6.07) is 8.96. The number of hydrogen-bond acceptors (Lipinski definition) is 0. The molecule has 0 fully saturated rings. The van der Waals surface area contributed by atoms with Gasteiger partial charge in [-0.2, -0.15) is 26.3 Å². The lowest BCUT2D eigenvalue weighted by atomic mass is 9.94. The summed E-state index contributed by atoms with van der Waals surface area (Å²) in [6.45, 7) is 1.66. The molecular weight excluding hydrogens is 330 g/mol. The van der Waals surface area contributed by atoms with Crippen LogP contribution >= 0.6 is 0 Å². The van der Waals surface area contributed by atoms with Gasteiger partial charge in [0.15, 0.2) is 0 Å². The number of halogens is 6. The predicted octanol–water partition coefficient (Wildman–Crippen LogP) is 6.07. The van der Waals surface area contributed by atoms with Crippen molar-refractivity contribution in [1.82, 2.24) is 0 Å². The normalized spacial score (nSPS) is 12.5. The lowest BCUT2D eigenvalue weighted by molar-refractivity contribution is -0.139. The first kappa shape index (κ1) is 18.4. The molecule has 0 saturated carbocycles. The minimum absolute atomic E-state index is 0.119. The first-order valence-electron chi connectivity index (χ1n) is 7.47. The van der Waals surface area contributed by atoms with E-state index in [1.807, 2.05) is 0 Å². The molecule has 0 aliphatic heterocycles. The van der Waals surface area contributed by atoms with Gasteiger partial charge in [-0.1, -0.05) is 37.3 Å². The molecule has 24 heavy (non-hydrogen) atoms. The highest BCUT2D eigenvalue weighted by atomic mass is 19.4. The van der Waals surface area contributed by atoms with E-state index in [0.717, 1.165) is 12.1 Å². The van der Waals surface area contributed by atoms with Gasteiger partial charge in [-0.25, -0.2) is 0 Å². The van der Waals surface area contributed by atoms with Crippen LogP contribution in [0.2, 0.25) is 0 Å². The second-order valence-electron chi connectivity index (χ2n) is 5.50. The highest BCUT2D eigenvalue weighted by molar-refractivity contribution is 5.38. The van der Waals surface area contributed by atoms with Gasteiger partial charge in [0.25, 0.3) is 0 Å². The molecule has 0 amide bonds. The fourth-order valence-corrected chi connectivity index (χ4v) is 2.66. The van der Waals surface area contributed by atoms with Crippen LogP contribution in [0.1, 0.15) is 34.7 Å². The molecule has 0 aliphatic rings. The van der Waals surface area contributed by atoms with Crippen LogP contribution in [-0.2, 0) is 31.6 Å². The van der Waals surface area contributed by atoms with Gasteiger partial charge in [0.1, 0.15) is 0 Å². The van der Waals surface area contributed by atoms with E-state index in [4.69, 9.17) is 0 Å². The van der Waals surface area contributed by atoms with Crippen LogP contribution < -0.4 is 0 Å². The maximum Gasteiger partial charge on any atom is 0.416 e. The molecule has 0 heterocycles. The van der Waals surface area contributed by atoms with E-state index >= 15 is 0 Å². The van der Waals surface area contributed by atoms with Crippen molar-refractivity contribution in [3.05, 3.63) is 70.3 Å². The minimum Gasteiger partial charge on any atom is -0.166 e. The molecule has 0 nitrogen and oxygen atoms in total. The quantitative estimate of drug-likeness (QED) is 0.589. The van der Waals surface area contributed by atoms with Crippen molar-refractivity contribution in [2.45, 2.75) is 38.5 Å². The minimum atomic E-state index is -4.44. The highest BCUT2D eigenvalue weighted by Gasteiger charge is 2.35. The lowest BCUT2D eigenvalue weighted by Gasteiger charge is -2.17. The Balaban J connectivity index is 2.21. The Morgan fingerprint density at radius 3 is 1.79 bits per heavy atom. The average molecular weight is 346 g/mol. The number of aryl methyl sites for hydroxylation is 3. The van der Waals surface area contributed by atoms with Crippen LogP contribution in [0.15, 0.2) is 42.5 Å². The molecule has 130 valence electrons. The van der Waals surface area contributed by atoms with Gasteiger partial charge in [0.05, 0.1) is 11.1 Å². The molecule has 0 atom stereocenters. The third-order valence-electron chi connectivity index (χ3n) is 3.87. The summed E-state index contributed by atoms with van der Waals surface area (Å²) in [5.74, 6) is 0. The first-order chi connectivity index (χ1) is 11.1. The number of benzene rings is 2. The summed E-state index contributed by atoms with van der Waals surface area (Å²) in [5, 5.41) is 0. The predicted molar refractivity (Wildman–Crippen MR) is 79.7 cm³/mol. The van der Waals surface area contributed by atoms with Crippen LogP contribution in [0, 0.1) is 0 Å². The van der Waals surface area contributed by atoms with Gasteiger partial charge in [0.2, 0.25) is 0 Å². The summed E-state index contributed by atoms with van der Waals surface area (Å²) in [6.07, 6.45) is -8.23. The van der Waals surface area contributed by atoms with E-state index in [9.17, 15) is 26.3 Å². The van der Waals surface area contributed by atoms with Crippen molar-refractivity contribution >= 4 is 0 Å². The molecule has 0 aromatic heterocycles. The van der Waals surface area contributed by atoms with E-state index in [0.29, 0.717) is 5.56 Å². The Kier molecular flexibility index (Phi) is 5.26. The zero-order chi connectivity index (χ0) is 18.0. The molecule has 2 rings (SSSR count). The topological polar surface area (TPSA) is 0 Å². The smallest absolute Gasteiger partial charge is 0.166 e. The lowest BCUT2D eigenvalue weighted by Crippen LogP contribution is -2.13. The summed E-state index contributed by atoms with van der Waals surface area (Å²) < 4.78 is 77.4. The molecule has 0 N–H and O–H groups in total. The second-order valence-corrected chi connectivity index (χ2v) is 5.50. The molecule has 2 aromatic carbocycles. The second kappa shape index (κ2) is 6.87. The van der Waals surface area contributed by atoms with Crippen molar-refractivity contribution in [3.63, 3.8) is 0 Å². The fraction of sp³-hybridized carbons (Fsp3) is 0.333. The van der Waals surface area contributed by atoms with Gasteiger partial charge in [-0.3, -0.25) is 0 Å². The van der Waals surface area contributed by atoms with E-state index < -0.39 is 23.5 Å². The van der Waals surface area contributed by atoms with Crippen LogP contribution in [0.3, 0.4) is 0 Å². The number of hydrogen-bond donors (Lipinski definition) is 0. The van der Waals surface area contributed by atoms with Crippen LogP contribution in [0.5, 0.6) is 0 Å². The molecule has 0 unspecified atom stereocenters. The van der Waals surface area contributed by atoms with E-state index in [1.54, 1.807) is 13.0 Å². The van der Waals surface area contributed by atoms with Crippen molar-refractivity contribution in [3.8, 4) is 0 Å². The maximum atomic E-state index is 13.3. The van der Waals surface area contributed by atoms with Crippen molar-refractivity contribution in [1.29, 1.82) is 0 Å². The highest BCUT2D eigenvalue weighted by Crippen LogP contribution is 2.36. The Labute approximate surface area is 136 Å². The zero-order valence-corrected chi connectivity index (χ0v) is 12.9. The fourth-order valence-electron chi connectivity index (χ4n) is 2.66. The van der Waals surface area contributed by atoms with Crippen LogP contribution in [0.4, 0.5) is 26.3 Å². The molecular formula is C18H16F6. The summed E-state index contributed by atoms with van der Waals surface area (Å²) in [4.78, 5) is 0. The summed E-state index contributed by atoms with van der Waals surface area (Å²) in [5.41, 5.74) is -0.429. The first-order valence-corrected chi connectivity index (χ1v) is 7.47. The summed E-state index contributed by atoms with van der Waals surface area (Å²) >= 11 is 0. The SMILES string of the molecule is CCc1cccc(CCc2ccc(C(F)(F)F)cc2)c1C(F)(F)F. The van der Waals surface area contributed by atoms with Gasteiger partial charge < -0.3 is 0 Å². The molecule has 0 saturated heterocycles. The van der Waals surface area contributed by atoms with Crippen LogP contribution in [0.25, 0.3) is 0 Å². The molecule has 0 spiro atoms. The molecule has 0 radical (unpaired) electrons. The van der Waals surface area contributed by atoms with E-state index in [1.165, 1.54) is 24.3 Å². The number of alkyl halides is 6. The Morgan fingerprint density at radius 2 is 1.29 bits per heavy atom. The van der Waals surface area contributed by atoms with E-state index in [-0.39, 0.29) is 30.4 Å². The van der Waals surface area contributed by atoms with E-state index in [2.05, 4.69) is 0 Å². The molecule has 2 aromatic rings. The van der Waals surface area contributed by atoms with Crippen molar-refractivity contribution < 1.29 is 26.3 Å². The Hall–Kier alpha value is -1.98. The van der Waals surface area contributed by atoms with Gasteiger partial charge in [0, 0.05) is 0 Å². The maximum absolute atomic E-state index is 13.3. The zero-order valence-electron chi connectivity index (χ0n) is 12.9. The Bertz CT molecular complexity index is 680. The average Bonchev–Trinajstić information content (AvgIpc) is 2.51. The standard InChI is InChI=1S/C18H16F6/c1-2-13-4-3-5-14(16(13)18(22,23)24)9-6-12-7-10-15(11-8-12)17(19,20)21/h3-5,7-8,10-11H,2,6,9H2,1H3. The van der Waals surface area contributed by atoms with Crippen molar-refractivity contribution in [2.24, 2.45) is 0 Å². The molecule has 6 heteroatoms. The monoisotopic (exact) mass is 346 g/mol. The largest absolute Gasteiger partial charge is 0.416 e. The molecule has 0 bridgehead atoms. The van der Waals surface area contributed by atoms with Crippen LogP contribution in [-0.4, -0.2) is 0 Å².